The molecular weight excluding hydrogens is 202 g/mol. The number of anilines is 1. The molecule has 1 atom stereocenters. The predicted molar refractivity (Wildman–Crippen MR) is 63.6 cm³/mol. The zero-order valence-electron chi connectivity index (χ0n) is 9.18. The number of furan rings is 1. The number of phenols is 1. The second-order valence-electron chi connectivity index (χ2n) is 3.88. The van der Waals surface area contributed by atoms with Crippen molar-refractivity contribution in [2.75, 3.05) is 5.32 Å². The van der Waals surface area contributed by atoms with E-state index in [4.69, 9.17) is 4.42 Å². The number of hydrogen-bond donors (Lipinski definition) is 2. The van der Waals surface area contributed by atoms with Crippen molar-refractivity contribution in [3.8, 4) is 5.75 Å². The van der Waals surface area contributed by atoms with E-state index in [2.05, 4.69) is 12.2 Å². The van der Waals surface area contributed by atoms with Gasteiger partial charge in [0.2, 0.25) is 0 Å². The van der Waals surface area contributed by atoms with Crippen LogP contribution in [0.15, 0.2) is 47.1 Å². The van der Waals surface area contributed by atoms with Crippen molar-refractivity contribution in [3.05, 3.63) is 48.4 Å². The zero-order chi connectivity index (χ0) is 11.4. The fourth-order valence-corrected chi connectivity index (χ4v) is 1.66. The lowest BCUT2D eigenvalue weighted by atomic mass is 10.2. The Labute approximate surface area is 94.7 Å². The molecule has 1 heterocycles. The summed E-state index contributed by atoms with van der Waals surface area (Å²) in [5.41, 5.74) is 0.916. The monoisotopic (exact) mass is 217 g/mol. The Morgan fingerprint density at radius 2 is 2.19 bits per heavy atom. The van der Waals surface area contributed by atoms with Crippen LogP contribution in [0.5, 0.6) is 5.75 Å². The molecule has 0 radical (unpaired) electrons. The average molecular weight is 217 g/mol. The first-order chi connectivity index (χ1) is 7.74. The molecule has 0 saturated carbocycles. The van der Waals surface area contributed by atoms with Crippen LogP contribution in [0.2, 0.25) is 0 Å². The van der Waals surface area contributed by atoms with Gasteiger partial charge in [-0.15, -0.1) is 0 Å². The summed E-state index contributed by atoms with van der Waals surface area (Å²) in [5.74, 6) is 1.23. The van der Waals surface area contributed by atoms with Crippen molar-refractivity contribution in [2.24, 2.45) is 0 Å². The SMILES string of the molecule is CC(Cc1ccco1)Nc1cccc(O)c1. The molecule has 1 aromatic carbocycles. The van der Waals surface area contributed by atoms with E-state index < -0.39 is 0 Å². The van der Waals surface area contributed by atoms with Gasteiger partial charge in [0.1, 0.15) is 11.5 Å². The summed E-state index contributed by atoms with van der Waals surface area (Å²) in [7, 11) is 0. The normalized spacial score (nSPS) is 12.3. The molecule has 3 nitrogen and oxygen atoms in total. The first-order valence-electron chi connectivity index (χ1n) is 5.32. The molecule has 84 valence electrons. The molecule has 1 unspecified atom stereocenters. The highest BCUT2D eigenvalue weighted by molar-refractivity contribution is 5.48. The molecule has 0 aliphatic heterocycles. The minimum absolute atomic E-state index is 0.257. The van der Waals surface area contributed by atoms with E-state index >= 15 is 0 Å². The quantitative estimate of drug-likeness (QED) is 0.827. The van der Waals surface area contributed by atoms with E-state index in [1.165, 1.54) is 0 Å². The minimum Gasteiger partial charge on any atom is -0.508 e. The van der Waals surface area contributed by atoms with E-state index in [0.29, 0.717) is 0 Å². The molecule has 0 bridgehead atoms. The van der Waals surface area contributed by atoms with Crippen LogP contribution in [-0.2, 0) is 6.42 Å². The van der Waals surface area contributed by atoms with Crippen molar-refractivity contribution in [1.29, 1.82) is 0 Å². The highest BCUT2D eigenvalue weighted by atomic mass is 16.3. The molecule has 1 aromatic heterocycles. The van der Waals surface area contributed by atoms with Crippen molar-refractivity contribution in [2.45, 2.75) is 19.4 Å². The number of phenolic OH excluding ortho intramolecular Hbond substituents is 1. The molecule has 2 N–H and O–H groups in total. The van der Waals surface area contributed by atoms with Crippen LogP contribution in [0.3, 0.4) is 0 Å². The van der Waals surface area contributed by atoms with Crippen molar-refractivity contribution in [3.63, 3.8) is 0 Å². The summed E-state index contributed by atoms with van der Waals surface area (Å²) in [6, 6.07) is 11.2. The maximum absolute atomic E-state index is 9.32. The summed E-state index contributed by atoms with van der Waals surface area (Å²) in [5, 5.41) is 12.6. The lowest BCUT2D eigenvalue weighted by molar-refractivity contribution is 0.475. The fraction of sp³-hybridized carbons (Fsp3) is 0.231. The maximum atomic E-state index is 9.32. The van der Waals surface area contributed by atoms with Crippen LogP contribution in [0.25, 0.3) is 0 Å². The molecule has 0 saturated heterocycles. The molecule has 0 fully saturated rings. The first-order valence-corrected chi connectivity index (χ1v) is 5.32. The molecule has 2 rings (SSSR count). The second-order valence-corrected chi connectivity index (χ2v) is 3.88. The summed E-state index contributed by atoms with van der Waals surface area (Å²) >= 11 is 0. The Balaban J connectivity index is 1.94. The van der Waals surface area contributed by atoms with E-state index in [1.807, 2.05) is 24.3 Å². The van der Waals surface area contributed by atoms with Gasteiger partial charge in [0.15, 0.2) is 0 Å². The molecule has 0 spiro atoms. The predicted octanol–water partition coefficient (Wildman–Crippen LogP) is 3.03. The number of rotatable bonds is 4. The van der Waals surface area contributed by atoms with E-state index in [9.17, 15) is 5.11 Å². The summed E-state index contributed by atoms with van der Waals surface area (Å²) in [4.78, 5) is 0. The van der Waals surface area contributed by atoms with Crippen molar-refractivity contribution < 1.29 is 9.52 Å². The van der Waals surface area contributed by atoms with Gasteiger partial charge in [-0.05, 0) is 31.2 Å². The van der Waals surface area contributed by atoms with E-state index in [-0.39, 0.29) is 11.8 Å². The summed E-state index contributed by atoms with van der Waals surface area (Å²) in [6.07, 6.45) is 2.50. The Kier molecular flexibility index (Phi) is 3.15. The van der Waals surface area contributed by atoms with Gasteiger partial charge in [-0.3, -0.25) is 0 Å². The first kappa shape index (κ1) is 10.6. The Bertz CT molecular complexity index is 437. The number of hydrogen-bond acceptors (Lipinski definition) is 3. The smallest absolute Gasteiger partial charge is 0.117 e. The molecular formula is C13H15NO2. The average Bonchev–Trinajstić information content (AvgIpc) is 2.70. The number of aromatic hydroxyl groups is 1. The largest absolute Gasteiger partial charge is 0.508 e. The van der Waals surface area contributed by atoms with Crippen LogP contribution in [0, 0.1) is 0 Å². The van der Waals surface area contributed by atoms with Gasteiger partial charge in [0.25, 0.3) is 0 Å². The number of nitrogens with one attached hydrogen (secondary N) is 1. The van der Waals surface area contributed by atoms with Gasteiger partial charge in [-0.2, -0.15) is 0 Å². The second kappa shape index (κ2) is 4.75. The molecule has 0 aliphatic rings. The van der Waals surface area contributed by atoms with Crippen LogP contribution in [-0.4, -0.2) is 11.1 Å². The summed E-state index contributed by atoms with van der Waals surface area (Å²) in [6.45, 7) is 2.08. The summed E-state index contributed by atoms with van der Waals surface area (Å²) < 4.78 is 5.28. The highest BCUT2D eigenvalue weighted by Crippen LogP contribution is 2.17. The van der Waals surface area contributed by atoms with E-state index in [1.54, 1.807) is 18.4 Å². The lowest BCUT2D eigenvalue weighted by Gasteiger charge is -2.13. The minimum atomic E-state index is 0.257. The van der Waals surface area contributed by atoms with Crippen LogP contribution in [0.4, 0.5) is 5.69 Å². The van der Waals surface area contributed by atoms with Gasteiger partial charge in [0.05, 0.1) is 6.26 Å². The van der Waals surface area contributed by atoms with Crippen LogP contribution >= 0.6 is 0 Å². The Morgan fingerprint density at radius 1 is 1.31 bits per heavy atom. The third-order valence-corrected chi connectivity index (χ3v) is 2.35. The molecule has 3 heteroatoms. The molecule has 2 aromatic rings. The third-order valence-electron chi connectivity index (χ3n) is 2.35. The lowest BCUT2D eigenvalue weighted by Crippen LogP contribution is -2.17. The Morgan fingerprint density at radius 3 is 2.88 bits per heavy atom. The third kappa shape index (κ3) is 2.79. The standard InChI is InChI=1S/C13H15NO2/c1-10(8-13-6-3-7-16-13)14-11-4-2-5-12(15)9-11/h2-7,9-10,14-15H,8H2,1H3. The fourth-order valence-electron chi connectivity index (χ4n) is 1.66. The van der Waals surface area contributed by atoms with E-state index in [0.717, 1.165) is 17.9 Å². The van der Waals surface area contributed by atoms with Crippen molar-refractivity contribution >= 4 is 5.69 Å². The van der Waals surface area contributed by atoms with Gasteiger partial charge < -0.3 is 14.8 Å². The zero-order valence-corrected chi connectivity index (χ0v) is 9.18. The molecule has 0 aliphatic carbocycles. The number of benzene rings is 1. The molecule has 0 amide bonds. The van der Waals surface area contributed by atoms with Crippen LogP contribution < -0.4 is 5.32 Å². The van der Waals surface area contributed by atoms with Gasteiger partial charge in [-0.1, -0.05) is 6.07 Å². The Hall–Kier alpha value is -1.90. The van der Waals surface area contributed by atoms with Gasteiger partial charge in [-0.25, -0.2) is 0 Å². The van der Waals surface area contributed by atoms with Gasteiger partial charge in [0, 0.05) is 24.2 Å². The highest BCUT2D eigenvalue weighted by Gasteiger charge is 2.05. The van der Waals surface area contributed by atoms with Crippen molar-refractivity contribution in [1.82, 2.24) is 0 Å². The topological polar surface area (TPSA) is 45.4 Å². The maximum Gasteiger partial charge on any atom is 0.117 e. The molecule has 16 heavy (non-hydrogen) atoms. The van der Waals surface area contributed by atoms with Crippen LogP contribution in [0.1, 0.15) is 12.7 Å². The van der Waals surface area contributed by atoms with Gasteiger partial charge >= 0.3 is 0 Å².